The fraction of sp³-hybridized carbons (Fsp3) is 0.375. The van der Waals surface area contributed by atoms with E-state index in [0.717, 1.165) is 4.31 Å². The first-order valence-electron chi connectivity index (χ1n) is 7.91. The number of nitrogens with one attached hydrogen (secondary N) is 1. The number of rotatable bonds is 6. The van der Waals surface area contributed by atoms with Crippen LogP contribution in [0.3, 0.4) is 0 Å². The zero-order valence-corrected chi connectivity index (χ0v) is 14.9. The van der Waals surface area contributed by atoms with Gasteiger partial charge in [0.15, 0.2) is 0 Å². The van der Waals surface area contributed by atoms with Gasteiger partial charge < -0.3 is 14.6 Å². The number of hydrogen-bond donors (Lipinski definition) is 1. The van der Waals surface area contributed by atoms with Gasteiger partial charge in [-0.3, -0.25) is 9.10 Å². The lowest BCUT2D eigenvalue weighted by Crippen LogP contribution is -2.26. The Kier molecular flexibility index (Phi) is 5.23. The number of nitrogens with zero attached hydrogens (tertiary/aromatic N) is 2. The van der Waals surface area contributed by atoms with E-state index in [-0.39, 0.29) is 36.7 Å². The first-order valence-corrected chi connectivity index (χ1v) is 9.52. The molecule has 0 saturated carbocycles. The molecule has 2 aromatic rings. The zero-order valence-electron chi connectivity index (χ0n) is 14.1. The molecule has 1 saturated heterocycles. The first-order chi connectivity index (χ1) is 12.4. The van der Waals surface area contributed by atoms with Crippen LogP contribution in [0, 0.1) is 5.82 Å². The van der Waals surface area contributed by atoms with Crippen molar-refractivity contribution in [2.45, 2.75) is 19.6 Å². The Labute approximate surface area is 150 Å². The predicted octanol–water partition coefficient (Wildman–Crippen LogP) is 1.43. The molecule has 1 aromatic heterocycles. The molecule has 0 spiro atoms. The Morgan fingerprint density at radius 2 is 2.27 bits per heavy atom. The van der Waals surface area contributed by atoms with Crippen molar-refractivity contribution in [1.29, 1.82) is 0 Å². The van der Waals surface area contributed by atoms with Crippen LogP contribution in [-0.2, 0) is 27.9 Å². The molecule has 140 valence electrons. The highest BCUT2D eigenvalue weighted by Gasteiger charge is 2.30. The van der Waals surface area contributed by atoms with Crippen molar-refractivity contribution in [3.63, 3.8) is 0 Å². The molecule has 0 bridgehead atoms. The molecule has 0 aliphatic carbocycles. The van der Waals surface area contributed by atoms with E-state index < -0.39 is 21.7 Å². The highest BCUT2D eigenvalue weighted by Crippen LogP contribution is 2.27. The van der Waals surface area contributed by atoms with E-state index in [4.69, 9.17) is 9.26 Å². The number of halogens is 1. The number of benzene rings is 1. The fourth-order valence-electron chi connectivity index (χ4n) is 2.74. The van der Waals surface area contributed by atoms with Crippen molar-refractivity contribution in [2.24, 2.45) is 0 Å². The first kappa shape index (κ1) is 18.3. The Morgan fingerprint density at radius 1 is 1.46 bits per heavy atom. The Balaban J connectivity index is 1.68. The summed E-state index contributed by atoms with van der Waals surface area (Å²) in [7, 11) is -1.97. The normalized spacial score (nSPS) is 16.0. The third kappa shape index (κ3) is 3.70. The molecule has 8 nitrogen and oxygen atoms in total. The molecule has 1 amide bonds. The van der Waals surface area contributed by atoms with E-state index in [2.05, 4.69) is 10.5 Å². The number of aromatic nitrogens is 1. The summed E-state index contributed by atoms with van der Waals surface area (Å²) in [5.74, 6) is -1.05. The lowest BCUT2D eigenvalue weighted by atomic mass is 10.1. The molecule has 3 rings (SSSR count). The second kappa shape index (κ2) is 7.42. The van der Waals surface area contributed by atoms with Crippen LogP contribution in [0.15, 0.2) is 29.0 Å². The molecule has 1 aliphatic rings. The van der Waals surface area contributed by atoms with Gasteiger partial charge in [0.2, 0.25) is 10.0 Å². The maximum atomic E-state index is 14.3. The Morgan fingerprint density at radius 3 is 2.92 bits per heavy atom. The number of sulfonamides is 1. The molecular weight excluding hydrogens is 365 g/mol. The van der Waals surface area contributed by atoms with Gasteiger partial charge in [-0.25, -0.2) is 12.8 Å². The summed E-state index contributed by atoms with van der Waals surface area (Å²) in [4.78, 5) is 12.2. The molecule has 2 heterocycles. The van der Waals surface area contributed by atoms with Crippen molar-refractivity contribution >= 4 is 21.6 Å². The molecule has 0 radical (unpaired) electrons. The maximum Gasteiger partial charge on any atom is 0.256 e. The minimum atomic E-state index is -3.45. The van der Waals surface area contributed by atoms with Gasteiger partial charge in [-0.15, -0.1) is 0 Å². The molecule has 26 heavy (non-hydrogen) atoms. The van der Waals surface area contributed by atoms with Crippen LogP contribution in [0.2, 0.25) is 0 Å². The SMILES string of the molecule is COCc1nocc1C(=O)NCc1ccc(N2CCCS2(=O)=O)c(F)c1. The second-order valence-electron chi connectivity index (χ2n) is 5.82. The molecule has 10 heteroatoms. The molecule has 0 unspecified atom stereocenters. The molecule has 1 N–H and O–H groups in total. The monoisotopic (exact) mass is 383 g/mol. The van der Waals surface area contributed by atoms with Crippen LogP contribution in [0.1, 0.15) is 28.0 Å². The summed E-state index contributed by atoms with van der Waals surface area (Å²) in [6, 6.07) is 4.21. The number of amides is 1. The maximum absolute atomic E-state index is 14.3. The van der Waals surface area contributed by atoms with Crippen LogP contribution in [0.5, 0.6) is 0 Å². The summed E-state index contributed by atoms with van der Waals surface area (Å²) < 4.78 is 48.9. The summed E-state index contributed by atoms with van der Waals surface area (Å²) in [5.41, 5.74) is 1.14. The van der Waals surface area contributed by atoms with Crippen LogP contribution in [0.4, 0.5) is 10.1 Å². The van der Waals surface area contributed by atoms with Gasteiger partial charge in [-0.1, -0.05) is 11.2 Å². The second-order valence-corrected chi connectivity index (χ2v) is 7.83. The summed E-state index contributed by atoms with van der Waals surface area (Å²) >= 11 is 0. The summed E-state index contributed by atoms with van der Waals surface area (Å²) in [6.07, 6.45) is 1.69. The van der Waals surface area contributed by atoms with Crippen molar-refractivity contribution in [1.82, 2.24) is 10.5 Å². The Bertz CT molecular complexity index is 912. The van der Waals surface area contributed by atoms with Crippen LogP contribution < -0.4 is 9.62 Å². The van der Waals surface area contributed by atoms with Gasteiger partial charge in [0, 0.05) is 20.2 Å². The smallest absolute Gasteiger partial charge is 0.256 e. The highest BCUT2D eigenvalue weighted by atomic mass is 32.2. The van der Waals surface area contributed by atoms with Crippen LogP contribution in [-0.4, -0.2) is 38.9 Å². The lowest BCUT2D eigenvalue weighted by molar-refractivity contribution is 0.0945. The third-order valence-corrected chi connectivity index (χ3v) is 5.86. The van der Waals surface area contributed by atoms with E-state index in [9.17, 15) is 17.6 Å². The van der Waals surface area contributed by atoms with Gasteiger partial charge in [0.1, 0.15) is 23.3 Å². The standard InChI is InChI=1S/C16H18FN3O5S/c1-24-10-14-12(9-25-19-14)16(21)18-8-11-3-4-15(13(17)7-11)20-5-2-6-26(20,22)23/h3-4,7,9H,2,5-6,8,10H2,1H3,(H,18,21). The molecule has 0 atom stereocenters. The van der Waals surface area contributed by atoms with Crippen molar-refractivity contribution < 1.29 is 26.9 Å². The van der Waals surface area contributed by atoms with Crippen LogP contribution in [0.25, 0.3) is 0 Å². The lowest BCUT2D eigenvalue weighted by Gasteiger charge is -2.18. The van der Waals surface area contributed by atoms with Gasteiger partial charge in [-0.2, -0.15) is 0 Å². The van der Waals surface area contributed by atoms with Crippen molar-refractivity contribution in [3.8, 4) is 0 Å². The third-order valence-electron chi connectivity index (χ3n) is 4.00. The van der Waals surface area contributed by atoms with Gasteiger partial charge in [0.05, 0.1) is 18.0 Å². The highest BCUT2D eigenvalue weighted by molar-refractivity contribution is 7.93. The molecule has 1 aromatic carbocycles. The number of anilines is 1. The van der Waals surface area contributed by atoms with Crippen LogP contribution >= 0.6 is 0 Å². The summed E-state index contributed by atoms with van der Waals surface area (Å²) in [5, 5.41) is 6.32. The number of hydrogen-bond acceptors (Lipinski definition) is 6. The minimum Gasteiger partial charge on any atom is -0.378 e. The van der Waals surface area contributed by atoms with E-state index in [1.807, 2.05) is 0 Å². The van der Waals surface area contributed by atoms with E-state index in [0.29, 0.717) is 17.7 Å². The number of ether oxygens (including phenoxy) is 1. The average molecular weight is 383 g/mol. The van der Waals surface area contributed by atoms with E-state index >= 15 is 0 Å². The zero-order chi connectivity index (χ0) is 18.7. The predicted molar refractivity (Wildman–Crippen MR) is 90.5 cm³/mol. The number of carbonyl (C=O) groups excluding carboxylic acids is 1. The number of methoxy groups -OCH3 is 1. The van der Waals surface area contributed by atoms with Crippen molar-refractivity contribution in [2.75, 3.05) is 23.7 Å². The molecular formula is C16H18FN3O5S. The largest absolute Gasteiger partial charge is 0.378 e. The topological polar surface area (TPSA) is 102 Å². The fourth-order valence-corrected chi connectivity index (χ4v) is 4.30. The Hall–Kier alpha value is -2.46. The van der Waals surface area contributed by atoms with Gasteiger partial charge >= 0.3 is 0 Å². The van der Waals surface area contributed by atoms with E-state index in [1.165, 1.54) is 25.5 Å². The molecule has 1 aliphatic heterocycles. The molecule has 1 fully saturated rings. The van der Waals surface area contributed by atoms with E-state index in [1.54, 1.807) is 6.07 Å². The van der Waals surface area contributed by atoms with Gasteiger partial charge in [-0.05, 0) is 24.1 Å². The quantitative estimate of drug-likeness (QED) is 0.810. The van der Waals surface area contributed by atoms with Crippen molar-refractivity contribution in [3.05, 3.63) is 47.1 Å². The minimum absolute atomic E-state index is 0.0206. The average Bonchev–Trinajstić information content (AvgIpc) is 3.19. The van der Waals surface area contributed by atoms with Gasteiger partial charge in [0.25, 0.3) is 5.91 Å². The summed E-state index contributed by atoms with van der Waals surface area (Å²) in [6.45, 7) is 0.471. The number of carbonyl (C=O) groups is 1.